The van der Waals surface area contributed by atoms with Crippen molar-refractivity contribution in [2.75, 3.05) is 30.4 Å². The minimum Gasteiger partial charge on any atom is -0.359 e. The molecule has 2 aromatic rings. The number of hydrogen-bond acceptors (Lipinski definition) is 5. The van der Waals surface area contributed by atoms with Gasteiger partial charge in [0.25, 0.3) is 5.91 Å². The van der Waals surface area contributed by atoms with Gasteiger partial charge in [-0.2, -0.15) is 0 Å². The minimum atomic E-state index is -0.119. The number of rotatable bonds is 5. The second-order valence-corrected chi connectivity index (χ2v) is 6.80. The highest BCUT2D eigenvalue weighted by Crippen LogP contribution is 2.27. The van der Waals surface area contributed by atoms with Crippen molar-refractivity contribution in [1.29, 1.82) is 0 Å². The third-order valence-corrected chi connectivity index (χ3v) is 4.21. The molecule has 2 aromatic heterocycles. The molecule has 0 aliphatic carbocycles. The number of fused-ring (bicyclic) bond motifs is 1. The number of hydrogen-bond donors (Lipinski definition) is 1. The van der Waals surface area contributed by atoms with E-state index in [2.05, 4.69) is 29.1 Å². The minimum absolute atomic E-state index is 0.0589. The van der Waals surface area contributed by atoms with Crippen LogP contribution in [0.4, 0.5) is 11.5 Å². The standard InChI is InChI=1S/C19H23N5O2/c1-13(2)11-24(12-15-6-4-5-7-20-15)19(26)14-8-16-18(21-9-14)22-10-17(25)23(16)3/h4-9,13H,10-12H2,1-3H3,(H,21,22). The number of nitrogens with zero attached hydrogens (tertiary/aromatic N) is 4. The fourth-order valence-corrected chi connectivity index (χ4v) is 2.90. The Morgan fingerprint density at radius 3 is 2.85 bits per heavy atom. The van der Waals surface area contributed by atoms with E-state index in [0.717, 1.165) is 5.69 Å². The van der Waals surface area contributed by atoms with Crippen LogP contribution in [0.15, 0.2) is 36.7 Å². The lowest BCUT2D eigenvalue weighted by atomic mass is 10.1. The average Bonchev–Trinajstić information content (AvgIpc) is 2.64. The van der Waals surface area contributed by atoms with E-state index in [4.69, 9.17) is 0 Å². The first-order chi connectivity index (χ1) is 12.5. The van der Waals surface area contributed by atoms with E-state index in [1.807, 2.05) is 18.2 Å². The molecule has 1 aliphatic rings. The predicted molar refractivity (Wildman–Crippen MR) is 100.0 cm³/mol. The van der Waals surface area contributed by atoms with Crippen LogP contribution in [0.25, 0.3) is 0 Å². The summed E-state index contributed by atoms with van der Waals surface area (Å²) in [5, 5.41) is 2.97. The summed E-state index contributed by atoms with van der Waals surface area (Å²) < 4.78 is 0. The van der Waals surface area contributed by atoms with Crippen molar-refractivity contribution in [3.8, 4) is 0 Å². The normalized spacial score (nSPS) is 13.4. The monoisotopic (exact) mass is 353 g/mol. The Bertz CT molecular complexity index is 807. The first kappa shape index (κ1) is 17.8. The predicted octanol–water partition coefficient (Wildman–Crippen LogP) is 2.16. The van der Waals surface area contributed by atoms with Crippen LogP contribution in [0.2, 0.25) is 0 Å². The zero-order chi connectivity index (χ0) is 18.7. The van der Waals surface area contributed by atoms with Gasteiger partial charge in [0, 0.05) is 26.0 Å². The number of amides is 2. The Morgan fingerprint density at radius 1 is 1.35 bits per heavy atom. The van der Waals surface area contributed by atoms with Gasteiger partial charge in [-0.05, 0) is 24.1 Å². The van der Waals surface area contributed by atoms with E-state index < -0.39 is 0 Å². The second kappa shape index (κ2) is 7.51. The van der Waals surface area contributed by atoms with Gasteiger partial charge >= 0.3 is 0 Å². The first-order valence-corrected chi connectivity index (χ1v) is 8.65. The van der Waals surface area contributed by atoms with Gasteiger partial charge in [-0.15, -0.1) is 0 Å². The molecular formula is C19H23N5O2. The fraction of sp³-hybridized carbons (Fsp3) is 0.368. The molecule has 3 heterocycles. The summed E-state index contributed by atoms with van der Waals surface area (Å²) in [5.41, 5.74) is 1.92. The maximum absolute atomic E-state index is 13.1. The third-order valence-electron chi connectivity index (χ3n) is 4.21. The SMILES string of the molecule is CC(C)CN(Cc1ccccn1)C(=O)c1cnc2c(c1)N(C)C(=O)CN2. The molecule has 1 aliphatic heterocycles. The molecule has 2 amide bonds. The lowest BCUT2D eigenvalue weighted by molar-refractivity contribution is -0.116. The largest absolute Gasteiger partial charge is 0.359 e. The molecule has 0 atom stereocenters. The number of nitrogens with one attached hydrogen (secondary N) is 1. The van der Waals surface area contributed by atoms with Crippen LogP contribution in [0.3, 0.4) is 0 Å². The molecular weight excluding hydrogens is 330 g/mol. The number of carbonyl (C=O) groups excluding carboxylic acids is 2. The van der Waals surface area contributed by atoms with E-state index in [1.54, 1.807) is 30.4 Å². The number of pyridine rings is 2. The molecule has 0 bridgehead atoms. The summed E-state index contributed by atoms with van der Waals surface area (Å²) in [6.45, 7) is 5.39. The molecule has 7 nitrogen and oxygen atoms in total. The Morgan fingerprint density at radius 2 is 2.15 bits per heavy atom. The zero-order valence-corrected chi connectivity index (χ0v) is 15.3. The summed E-state index contributed by atoms with van der Waals surface area (Å²) in [5.74, 6) is 0.755. The molecule has 3 rings (SSSR count). The molecule has 0 aromatic carbocycles. The van der Waals surface area contributed by atoms with Gasteiger partial charge in [-0.25, -0.2) is 4.98 Å². The quantitative estimate of drug-likeness (QED) is 0.891. The van der Waals surface area contributed by atoms with Gasteiger partial charge in [-0.1, -0.05) is 19.9 Å². The Balaban J connectivity index is 1.88. The molecule has 0 fully saturated rings. The molecule has 0 spiro atoms. The van der Waals surface area contributed by atoms with Gasteiger partial charge in [0.15, 0.2) is 0 Å². The summed E-state index contributed by atoms with van der Waals surface area (Å²) in [4.78, 5) is 36.9. The maximum atomic E-state index is 13.1. The van der Waals surface area contributed by atoms with Gasteiger partial charge in [0.05, 0.1) is 30.0 Å². The third kappa shape index (κ3) is 3.82. The average molecular weight is 353 g/mol. The van der Waals surface area contributed by atoms with Crippen LogP contribution >= 0.6 is 0 Å². The lowest BCUT2D eigenvalue weighted by Crippen LogP contribution is -2.38. The number of aromatic nitrogens is 2. The van der Waals surface area contributed by atoms with Gasteiger partial charge < -0.3 is 15.1 Å². The zero-order valence-electron chi connectivity index (χ0n) is 15.3. The van der Waals surface area contributed by atoms with Crippen molar-refractivity contribution < 1.29 is 9.59 Å². The molecule has 0 saturated carbocycles. The Hall–Kier alpha value is -2.96. The Kier molecular flexibility index (Phi) is 5.16. The van der Waals surface area contributed by atoms with Crippen molar-refractivity contribution >= 4 is 23.3 Å². The molecule has 1 N–H and O–H groups in total. The molecule has 0 saturated heterocycles. The maximum Gasteiger partial charge on any atom is 0.255 e. The second-order valence-electron chi connectivity index (χ2n) is 6.80. The summed E-state index contributed by atoms with van der Waals surface area (Å²) in [6, 6.07) is 7.39. The lowest BCUT2D eigenvalue weighted by Gasteiger charge is -2.28. The van der Waals surface area contributed by atoms with Crippen molar-refractivity contribution in [3.63, 3.8) is 0 Å². The van der Waals surface area contributed by atoms with Crippen LogP contribution in [0, 0.1) is 5.92 Å². The van der Waals surface area contributed by atoms with E-state index in [-0.39, 0.29) is 18.4 Å². The molecule has 7 heteroatoms. The first-order valence-electron chi connectivity index (χ1n) is 8.65. The molecule has 26 heavy (non-hydrogen) atoms. The van der Waals surface area contributed by atoms with Crippen LogP contribution in [-0.2, 0) is 11.3 Å². The smallest absolute Gasteiger partial charge is 0.255 e. The van der Waals surface area contributed by atoms with E-state index in [1.165, 1.54) is 4.90 Å². The van der Waals surface area contributed by atoms with Crippen LogP contribution in [-0.4, -0.2) is 46.8 Å². The molecule has 0 radical (unpaired) electrons. The number of anilines is 2. The van der Waals surface area contributed by atoms with Crippen molar-refractivity contribution in [2.45, 2.75) is 20.4 Å². The fourth-order valence-electron chi connectivity index (χ4n) is 2.90. The molecule has 0 unspecified atom stereocenters. The summed E-state index contributed by atoms with van der Waals surface area (Å²) in [7, 11) is 1.69. The van der Waals surface area contributed by atoms with Gasteiger partial charge in [0.2, 0.25) is 5.91 Å². The number of carbonyl (C=O) groups is 2. The highest BCUT2D eigenvalue weighted by Gasteiger charge is 2.25. The van der Waals surface area contributed by atoms with Crippen LogP contribution in [0.1, 0.15) is 29.9 Å². The van der Waals surface area contributed by atoms with E-state index in [0.29, 0.717) is 36.1 Å². The highest BCUT2D eigenvalue weighted by atomic mass is 16.2. The molecule has 136 valence electrons. The van der Waals surface area contributed by atoms with Crippen molar-refractivity contribution in [3.05, 3.63) is 47.9 Å². The van der Waals surface area contributed by atoms with E-state index >= 15 is 0 Å². The Labute approximate surface area is 153 Å². The van der Waals surface area contributed by atoms with Crippen molar-refractivity contribution in [2.24, 2.45) is 5.92 Å². The highest BCUT2D eigenvalue weighted by molar-refractivity contribution is 6.03. The van der Waals surface area contributed by atoms with Crippen LogP contribution < -0.4 is 10.2 Å². The van der Waals surface area contributed by atoms with Crippen LogP contribution in [0.5, 0.6) is 0 Å². The summed E-state index contributed by atoms with van der Waals surface area (Å²) >= 11 is 0. The van der Waals surface area contributed by atoms with Gasteiger partial charge in [0.1, 0.15) is 5.82 Å². The summed E-state index contributed by atoms with van der Waals surface area (Å²) in [6.07, 6.45) is 3.28. The van der Waals surface area contributed by atoms with Gasteiger partial charge in [-0.3, -0.25) is 14.6 Å². The topological polar surface area (TPSA) is 78.4 Å². The van der Waals surface area contributed by atoms with Crippen molar-refractivity contribution in [1.82, 2.24) is 14.9 Å². The van der Waals surface area contributed by atoms with E-state index in [9.17, 15) is 9.59 Å². The number of likely N-dealkylation sites (N-methyl/N-ethyl adjacent to an activating group) is 1.